The summed E-state index contributed by atoms with van der Waals surface area (Å²) in [6.07, 6.45) is -4.25. The van der Waals surface area contributed by atoms with E-state index in [4.69, 9.17) is 5.11 Å². The van der Waals surface area contributed by atoms with Crippen molar-refractivity contribution in [2.45, 2.75) is 25.4 Å². The molecule has 0 bridgehead atoms. The molecule has 2 nitrogen and oxygen atoms in total. The van der Waals surface area contributed by atoms with Crippen LogP contribution in [0.1, 0.15) is 19.3 Å². The van der Waals surface area contributed by atoms with E-state index in [1.807, 2.05) is 0 Å². The molecule has 0 aromatic carbocycles. The monoisotopic (exact) mass is 180 g/mol. The number of aliphatic hydroxyl groups excluding tert-OH is 1. The normalized spacial score (nSPS) is 23.1. The number of allylic oxidation sites excluding steroid dienone is 2. The first-order valence-electron chi connectivity index (χ1n) is 3.45. The molecule has 1 fully saturated rings. The van der Waals surface area contributed by atoms with Crippen molar-refractivity contribution in [3.63, 3.8) is 0 Å². The van der Waals surface area contributed by atoms with Crippen molar-refractivity contribution < 1.29 is 23.1 Å². The predicted octanol–water partition coefficient (Wildman–Crippen LogP) is 2.11. The number of alkyl halides is 3. The van der Waals surface area contributed by atoms with Crippen LogP contribution < -0.4 is 0 Å². The number of ketones is 1. The lowest BCUT2D eigenvalue weighted by molar-refractivity contribution is -0.126. The molecule has 0 aromatic rings. The fourth-order valence-electron chi connectivity index (χ4n) is 1.14. The molecule has 1 rings (SSSR count). The minimum absolute atomic E-state index is 0.0319. The fourth-order valence-corrected chi connectivity index (χ4v) is 1.14. The highest BCUT2D eigenvalue weighted by molar-refractivity contribution is 5.97. The Kier molecular flexibility index (Phi) is 2.12. The van der Waals surface area contributed by atoms with Gasteiger partial charge < -0.3 is 5.11 Å². The first kappa shape index (κ1) is 9.09. The average molecular weight is 180 g/mol. The lowest BCUT2D eigenvalue weighted by Gasteiger charge is -2.06. The van der Waals surface area contributed by atoms with Crippen molar-refractivity contribution in [2.75, 3.05) is 0 Å². The number of halogens is 3. The van der Waals surface area contributed by atoms with E-state index in [0.29, 0.717) is 6.42 Å². The van der Waals surface area contributed by atoms with Crippen LogP contribution in [0.4, 0.5) is 13.2 Å². The Morgan fingerprint density at radius 3 is 2.25 bits per heavy atom. The van der Waals surface area contributed by atoms with Crippen molar-refractivity contribution in [1.82, 2.24) is 0 Å². The summed E-state index contributed by atoms with van der Waals surface area (Å²) < 4.78 is 35.4. The van der Waals surface area contributed by atoms with Gasteiger partial charge >= 0.3 is 6.18 Å². The third-order valence-corrected chi connectivity index (χ3v) is 1.72. The quantitative estimate of drug-likeness (QED) is 0.458. The van der Waals surface area contributed by atoms with E-state index in [0.717, 1.165) is 0 Å². The van der Waals surface area contributed by atoms with Crippen molar-refractivity contribution in [1.29, 1.82) is 0 Å². The van der Waals surface area contributed by atoms with E-state index >= 15 is 0 Å². The van der Waals surface area contributed by atoms with Crippen LogP contribution in [-0.2, 0) is 4.79 Å². The highest BCUT2D eigenvalue weighted by atomic mass is 19.4. The summed E-state index contributed by atoms with van der Waals surface area (Å²) in [5.41, 5.74) is -0.470. The van der Waals surface area contributed by atoms with Crippen LogP contribution in [-0.4, -0.2) is 17.1 Å². The van der Waals surface area contributed by atoms with Gasteiger partial charge in [-0.3, -0.25) is 4.79 Å². The summed E-state index contributed by atoms with van der Waals surface area (Å²) in [6.45, 7) is 0. The molecule has 1 aliphatic carbocycles. The number of hydrogen-bond acceptors (Lipinski definition) is 2. The van der Waals surface area contributed by atoms with Gasteiger partial charge in [-0.05, 0) is 12.8 Å². The van der Waals surface area contributed by atoms with Gasteiger partial charge in [0.25, 0.3) is 0 Å². The predicted molar refractivity (Wildman–Crippen MR) is 34.6 cm³/mol. The molecular formula is C7H7F3O2. The maximum Gasteiger partial charge on any atom is 0.449 e. The first-order valence-corrected chi connectivity index (χ1v) is 3.45. The van der Waals surface area contributed by atoms with Gasteiger partial charge in [0.2, 0.25) is 5.76 Å². The summed E-state index contributed by atoms with van der Waals surface area (Å²) in [5.74, 6) is -2.31. The molecule has 0 spiro atoms. The Bertz CT molecular complexity index is 240. The van der Waals surface area contributed by atoms with Gasteiger partial charge in [-0.15, -0.1) is 0 Å². The van der Waals surface area contributed by atoms with Gasteiger partial charge in [0.15, 0.2) is 5.78 Å². The third kappa shape index (κ3) is 1.60. The van der Waals surface area contributed by atoms with Crippen LogP contribution >= 0.6 is 0 Å². The van der Waals surface area contributed by atoms with Crippen LogP contribution in [0, 0.1) is 0 Å². The number of carbonyl (C=O) groups is 1. The van der Waals surface area contributed by atoms with E-state index in [2.05, 4.69) is 0 Å². The van der Waals surface area contributed by atoms with Crippen LogP contribution in [0.3, 0.4) is 0 Å². The molecule has 1 aliphatic rings. The standard InChI is InChI=1S/C7H7F3O2/c8-7(9,10)6(12)4-2-1-3-5(4)11/h12H,1-3H2. The van der Waals surface area contributed by atoms with Gasteiger partial charge in [0.05, 0.1) is 0 Å². The van der Waals surface area contributed by atoms with Crippen molar-refractivity contribution in [3.05, 3.63) is 11.3 Å². The summed E-state index contributed by atoms with van der Waals surface area (Å²) in [4.78, 5) is 10.7. The smallest absolute Gasteiger partial charge is 0.449 e. The van der Waals surface area contributed by atoms with E-state index in [9.17, 15) is 18.0 Å². The first-order chi connectivity index (χ1) is 5.43. The third-order valence-electron chi connectivity index (χ3n) is 1.72. The van der Waals surface area contributed by atoms with Crippen LogP contribution in [0.2, 0.25) is 0 Å². The minimum Gasteiger partial charge on any atom is -0.504 e. The zero-order chi connectivity index (χ0) is 9.35. The molecule has 12 heavy (non-hydrogen) atoms. The number of carbonyl (C=O) groups excluding carboxylic acids is 1. The summed E-state index contributed by atoms with van der Waals surface area (Å²) >= 11 is 0. The molecule has 1 N–H and O–H groups in total. The lowest BCUT2D eigenvalue weighted by Crippen LogP contribution is -2.15. The second-order valence-corrected chi connectivity index (χ2v) is 2.60. The molecule has 0 heterocycles. The topological polar surface area (TPSA) is 37.3 Å². The molecule has 5 heteroatoms. The number of hydrogen-bond donors (Lipinski definition) is 1. The van der Waals surface area contributed by atoms with E-state index < -0.39 is 23.3 Å². The van der Waals surface area contributed by atoms with Gasteiger partial charge in [-0.1, -0.05) is 0 Å². The molecule has 0 amide bonds. The van der Waals surface area contributed by atoms with Crippen molar-refractivity contribution >= 4 is 5.78 Å². The van der Waals surface area contributed by atoms with Gasteiger partial charge in [0, 0.05) is 12.0 Å². The molecule has 0 unspecified atom stereocenters. The van der Waals surface area contributed by atoms with Gasteiger partial charge in [-0.25, -0.2) is 0 Å². The fraction of sp³-hybridized carbons (Fsp3) is 0.571. The maximum absolute atomic E-state index is 11.8. The Morgan fingerprint density at radius 1 is 1.33 bits per heavy atom. The van der Waals surface area contributed by atoms with Crippen molar-refractivity contribution in [3.8, 4) is 0 Å². The molecular weight excluding hydrogens is 173 g/mol. The Hall–Kier alpha value is -1.00. The number of aliphatic hydroxyl groups is 1. The number of rotatable bonds is 0. The molecule has 0 saturated heterocycles. The van der Waals surface area contributed by atoms with Crippen molar-refractivity contribution in [2.24, 2.45) is 0 Å². The Morgan fingerprint density at radius 2 is 1.92 bits per heavy atom. The van der Waals surface area contributed by atoms with Gasteiger partial charge in [-0.2, -0.15) is 13.2 Å². The lowest BCUT2D eigenvalue weighted by atomic mass is 10.2. The van der Waals surface area contributed by atoms with E-state index in [1.165, 1.54) is 0 Å². The zero-order valence-corrected chi connectivity index (χ0v) is 6.11. The van der Waals surface area contributed by atoms with E-state index in [-0.39, 0.29) is 12.8 Å². The van der Waals surface area contributed by atoms with E-state index in [1.54, 1.807) is 0 Å². The highest BCUT2D eigenvalue weighted by Crippen LogP contribution is 2.31. The Labute approximate surface area is 66.7 Å². The summed E-state index contributed by atoms with van der Waals surface area (Å²) in [5, 5.41) is 8.59. The Balaban J connectivity index is 2.97. The maximum atomic E-state index is 11.8. The summed E-state index contributed by atoms with van der Waals surface area (Å²) in [6, 6.07) is 0. The van der Waals surface area contributed by atoms with Crippen LogP contribution in [0.15, 0.2) is 11.3 Å². The molecule has 1 saturated carbocycles. The second-order valence-electron chi connectivity index (χ2n) is 2.60. The molecule has 0 radical (unpaired) electrons. The zero-order valence-electron chi connectivity index (χ0n) is 6.11. The van der Waals surface area contributed by atoms with Crippen LogP contribution in [0.5, 0.6) is 0 Å². The largest absolute Gasteiger partial charge is 0.504 e. The molecule has 0 atom stereocenters. The highest BCUT2D eigenvalue weighted by Gasteiger charge is 2.39. The van der Waals surface area contributed by atoms with Crippen LogP contribution in [0.25, 0.3) is 0 Å². The molecule has 68 valence electrons. The number of Topliss-reactive ketones (excluding diaryl/α,β-unsaturated/α-hetero) is 1. The SMILES string of the molecule is O=C1CCCC1=C(O)C(F)(F)F. The second kappa shape index (κ2) is 2.80. The summed E-state index contributed by atoms with van der Waals surface area (Å²) in [7, 11) is 0. The van der Waals surface area contributed by atoms with Gasteiger partial charge in [0.1, 0.15) is 0 Å². The molecule has 0 aliphatic heterocycles. The average Bonchev–Trinajstić information content (AvgIpc) is 2.31. The minimum atomic E-state index is -4.78. The molecule has 0 aromatic heterocycles.